The summed E-state index contributed by atoms with van der Waals surface area (Å²) in [6, 6.07) is 3.89. The molecule has 0 saturated carbocycles. The molecule has 1 fully saturated rings. The fourth-order valence-electron chi connectivity index (χ4n) is 2.94. The van der Waals surface area contributed by atoms with Crippen molar-refractivity contribution in [3.8, 4) is 5.75 Å². The third-order valence-corrected chi connectivity index (χ3v) is 6.15. The third-order valence-electron chi connectivity index (χ3n) is 4.26. The van der Waals surface area contributed by atoms with Gasteiger partial charge in [0.15, 0.2) is 5.75 Å². The quantitative estimate of drug-likeness (QED) is 0.723. The molecule has 3 rings (SSSR count). The smallest absolute Gasteiger partial charge is 0.265 e. The van der Waals surface area contributed by atoms with Crippen molar-refractivity contribution in [1.29, 1.82) is 0 Å². The Bertz CT molecular complexity index is 981. The topological polar surface area (TPSA) is 69.6 Å². The van der Waals surface area contributed by atoms with Gasteiger partial charge >= 0.3 is 0 Å². The Balaban J connectivity index is 1.99. The summed E-state index contributed by atoms with van der Waals surface area (Å²) in [5, 5.41) is 9.65. The number of nitrogens with one attached hydrogen (secondary N) is 1. The van der Waals surface area contributed by atoms with Crippen LogP contribution in [0, 0.1) is 11.6 Å². The minimum Gasteiger partial charge on any atom is -0.505 e. The molecule has 10 heteroatoms. The molecular weight excluding hydrogens is 421 g/mol. The van der Waals surface area contributed by atoms with Crippen LogP contribution < -0.4 is 9.62 Å². The van der Waals surface area contributed by atoms with Gasteiger partial charge in [-0.25, -0.2) is 17.2 Å². The van der Waals surface area contributed by atoms with E-state index >= 15 is 0 Å². The SMILES string of the molecule is O=S(=O)(Nc1cc(N2CCCCC2)c(F)cc1F)c1cc(Cl)cc(Cl)c1O. The highest BCUT2D eigenvalue weighted by Crippen LogP contribution is 2.36. The van der Waals surface area contributed by atoms with Crippen molar-refractivity contribution in [3.63, 3.8) is 0 Å². The normalized spacial score (nSPS) is 15.0. The molecule has 27 heavy (non-hydrogen) atoms. The van der Waals surface area contributed by atoms with Gasteiger partial charge in [0.05, 0.1) is 16.4 Å². The van der Waals surface area contributed by atoms with Gasteiger partial charge in [-0.3, -0.25) is 4.72 Å². The van der Waals surface area contributed by atoms with Crippen LogP contribution in [0.3, 0.4) is 0 Å². The summed E-state index contributed by atoms with van der Waals surface area (Å²) in [6.07, 6.45) is 2.76. The maximum Gasteiger partial charge on any atom is 0.265 e. The van der Waals surface area contributed by atoms with Gasteiger partial charge in [-0.15, -0.1) is 0 Å². The fraction of sp³-hybridized carbons (Fsp3) is 0.294. The van der Waals surface area contributed by atoms with Gasteiger partial charge in [-0.2, -0.15) is 0 Å². The van der Waals surface area contributed by atoms with Crippen molar-refractivity contribution < 1.29 is 22.3 Å². The van der Waals surface area contributed by atoms with E-state index in [9.17, 15) is 22.3 Å². The molecule has 5 nitrogen and oxygen atoms in total. The van der Waals surface area contributed by atoms with Gasteiger partial charge in [-0.1, -0.05) is 23.2 Å². The third kappa shape index (κ3) is 4.23. The van der Waals surface area contributed by atoms with Gasteiger partial charge in [-0.05, 0) is 37.5 Å². The molecule has 1 heterocycles. The number of piperidine rings is 1. The largest absolute Gasteiger partial charge is 0.505 e. The van der Waals surface area contributed by atoms with E-state index in [4.69, 9.17) is 23.2 Å². The minimum atomic E-state index is -4.42. The van der Waals surface area contributed by atoms with E-state index in [2.05, 4.69) is 0 Å². The van der Waals surface area contributed by atoms with E-state index in [0.29, 0.717) is 19.2 Å². The lowest BCUT2D eigenvalue weighted by atomic mass is 10.1. The zero-order valence-electron chi connectivity index (χ0n) is 14.0. The number of hydrogen-bond acceptors (Lipinski definition) is 4. The number of phenolic OH excluding ortho intramolecular Hbond substituents is 1. The van der Waals surface area contributed by atoms with E-state index in [1.807, 2.05) is 4.72 Å². The fourth-order valence-corrected chi connectivity index (χ4v) is 4.76. The summed E-state index contributed by atoms with van der Waals surface area (Å²) in [5.41, 5.74) is -0.324. The van der Waals surface area contributed by atoms with Gasteiger partial charge in [0.1, 0.15) is 16.5 Å². The molecule has 0 amide bonds. The van der Waals surface area contributed by atoms with Crippen LogP contribution in [-0.2, 0) is 10.0 Å². The number of sulfonamides is 1. The number of rotatable bonds is 4. The second kappa shape index (κ2) is 7.69. The van der Waals surface area contributed by atoms with E-state index in [1.165, 1.54) is 6.07 Å². The van der Waals surface area contributed by atoms with Crippen LogP contribution in [-0.4, -0.2) is 26.6 Å². The van der Waals surface area contributed by atoms with Crippen LogP contribution in [0.1, 0.15) is 19.3 Å². The molecule has 1 aliphatic heterocycles. The Hall–Kier alpha value is -1.77. The predicted molar refractivity (Wildman–Crippen MR) is 101 cm³/mol. The molecule has 0 aliphatic carbocycles. The number of benzene rings is 2. The molecule has 1 saturated heterocycles. The lowest BCUT2D eigenvalue weighted by Crippen LogP contribution is -2.30. The van der Waals surface area contributed by atoms with Gasteiger partial charge in [0.25, 0.3) is 10.0 Å². The maximum absolute atomic E-state index is 14.2. The van der Waals surface area contributed by atoms with Gasteiger partial charge in [0.2, 0.25) is 0 Å². The monoisotopic (exact) mass is 436 g/mol. The number of halogens is 4. The minimum absolute atomic E-state index is 0.0215. The lowest BCUT2D eigenvalue weighted by Gasteiger charge is -2.29. The Kier molecular flexibility index (Phi) is 5.69. The number of anilines is 2. The van der Waals surface area contributed by atoms with Crippen molar-refractivity contribution in [2.75, 3.05) is 22.7 Å². The van der Waals surface area contributed by atoms with Crippen LogP contribution in [0.4, 0.5) is 20.2 Å². The van der Waals surface area contributed by atoms with Crippen molar-refractivity contribution in [3.05, 3.63) is 45.9 Å². The molecular formula is C17H16Cl2F2N2O3S. The highest BCUT2D eigenvalue weighted by molar-refractivity contribution is 7.92. The summed E-state index contributed by atoms with van der Waals surface area (Å²) >= 11 is 11.5. The Morgan fingerprint density at radius 2 is 1.67 bits per heavy atom. The first-order valence-electron chi connectivity index (χ1n) is 8.14. The van der Waals surface area contributed by atoms with Gasteiger partial charge in [0, 0.05) is 24.2 Å². The van der Waals surface area contributed by atoms with Crippen molar-refractivity contribution >= 4 is 44.6 Å². The Morgan fingerprint density at radius 1 is 1.00 bits per heavy atom. The molecule has 1 aliphatic rings. The molecule has 0 bridgehead atoms. The molecule has 2 aromatic rings. The summed E-state index contributed by atoms with van der Waals surface area (Å²) in [5.74, 6) is -2.57. The summed E-state index contributed by atoms with van der Waals surface area (Å²) in [4.78, 5) is 1.13. The Morgan fingerprint density at radius 3 is 2.33 bits per heavy atom. The lowest BCUT2D eigenvalue weighted by molar-refractivity contribution is 0.459. The van der Waals surface area contributed by atoms with Crippen LogP contribution >= 0.6 is 23.2 Å². The molecule has 2 N–H and O–H groups in total. The molecule has 2 aromatic carbocycles. The van der Waals surface area contributed by atoms with Crippen LogP contribution in [0.5, 0.6) is 5.75 Å². The molecule has 0 radical (unpaired) electrons. The Labute approximate surface area is 165 Å². The summed E-state index contributed by atoms with van der Waals surface area (Å²) < 4.78 is 55.6. The molecule has 0 aromatic heterocycles. The summed E-state index contributed by atoms with van der Waals surface area (Å²) in [6.45, 7) is 1.19. The number of aromatic hydroxyl groups is 1. The highest BCUT2D eigenvalue weighted by atomic mass is 35.5. The van der Waals surface area contributed by atoms with Crippen LogP contribution in [0.2, 0.25) is 10.0 Å². The zero-order valence-corrected chi connectivity index (χ0v) is 16.3. The first-order chi connectivity index (χ1) is 12.7. The van der Waals surface area contributed by atoms with Crippen LogP contribution in [0.25, 0.3) is 0 Å². The first kappa shape index (κ1) is 20.0. The second-order valence-corrected chi connectivity index (χ2v) is 8.67. The van der Waals surface area contributed by atoms with E-state index in [0.717, 1.165) is 31.4 Å². The zero-order chi connectivity index (χ0) is 19.8. The van der Waals surface area contributed by atoms with Gasteiger partial charge < -0.3 is 10.0 Å². The standard InChI is InChI=1S/C17H16Cl2F2N2O3S/c18-10-6-11(19)17(24)16(7-10)27(25,26)22-14-9-15(13(21)8-12(14)20)23-4-2-1-3-5-23/h6-9,22,24H,1-5H2. The average molecular weight is 437 g/mol. The van der Waals surface area contributed by atoms with Crippen molar-refractivity contribution in [1.82, 2.24) is 0 Å². The maximum atomic E-state index is 14.2. The van der Waals surface area contributed by atoms with Crippen molar-refractivity contribution in [2.45, 2.75) is 24.2 Å². The summed E-state index contributed by atoms with van der Waals surface area (Å²) in [7, 11) is -4.42. The number of phenols is 1. The molecule has 0 atom stereocenters. The number of hydrogen-bond donors (Lipinski definition) is 2. The van der Waals surface area contributed by atoms with E-state index in [-0.39, 0.29) is 15.7 Å². The highest BCUT2D eigenvalue weighted by Gasteiger charge is 2.25. The molecule has 146 valence electrons. The van der Waals surface area contributed by atoms with E-state index in [1.54, 1.807) is 4.90 Å². The van der Waals surface area contributed by atoms with E-state index < -0.39 is 38.0 Å². The second-order valence-electron chi connectivity index (χ2n) is 6.17. The molecule has 0 spiro atoms. The average Bonchev–Trinajstić information content (AvgIpc) is 2.61. The number of nitrogens with zero attached hydrogens (tertiary/aromatic N) is 1. The van der Waals surface area contributed by atoms with Crippen LogP contribution in [0.15, 0.2) is 29.2 Å². The predicted octanol–water partition coefficient (Wildman–Crippen LogP) is 4.77. The van der Waals surface area contributed by atoms with Crippen molar-refractivity contribution in [2.24, 2.45) is 0 Å². The first-order valence-corrected chi connectivity index (χ1v) is 10.4. The molecule has 0 unspecified atom stereocenters.